The molecule has 1 aromatic carbocycles. The van der Waals surface area contributed by atoms with Gasteiger partial charge < -0.3 is 4.90 Å². The van der Waals surface area contributed by atoms with Crippen LogP contribution in [-0.4, -0.2) is 50.3 Å². The van der Waals surface area contributed by atoms with Crippen molar-refractivity contribution in [2.45, 2.75) is 63.2 Å². The Morgan fingerprint density at radius 2 is 1.63 bits per heavy atom. The van der Waals surface area contributed by atoms with Gasteiger partial charge in [-0.3, -0.25) is 0 Å². The minimum absolute atomic E-state index is 0.0295. The summed E-state index contributed by atoms with van der Waals surface area (Å²) in [5.41, 5.74) is 2.78. The van der Waals surface area contributed by atoms with Crippen LogP contribution in [0.3, 0.4) is 0 Å². The molecule has 3 rings (SSSR count). The molecule has 0 saturated carbocycles. The van der Waals surface area contributed by atoms with Crippen LogP contribution in [0.15, 0.2) is 40.8 Å². The molecule has 1 aliphatic heterocycles. The van der Waals surface area contributed by atoms with Gasteiger partial charge in [-0.05, 0) is 55.2 Å². The molecule has 0 unspecified atom stereocenters. The van der Waals surface area contributed by atoms with Crippen LogP contribution in [-0.2, 0) is 15.4 Å². The number of rotatable bonds is 5. The number of hydrogen-bond donors (Lipinski definition) is 0. The molecule has 0 radical (unpaired) electrons. The Kier molecular flexibility index (Phi) is 6.44. The second-order valence-electron chi connectivity index (χ2n) is 8.88. The number of allylic oxidation sites excluding steroid dienone is 1. The van der Waals surface area contributed by atoms with Gasteiger partial charge in [0.25, 0.3) is 0 Å². The van der Waals surface area contributed by atoms with Crippen molar-refractivity contribution < 1.29 is 8.42 Å². The normalized spacial score (nSPS) is 20.5. The molecule has 1 fully saturated rings. The number of sulfonamides is 1. The molecule has 2 aliphatic rings. The first kappa shape index (κ1) is 20.6. The smallest absolute Gasteiger partial charge is 0.243 e. The number of piperazine rings is 1. The third kappa shape index (κ3) is 5.21. The molecule has 0 N–H and O–H groups in total. The van der Waals surface area contributed by atoms with Crippen molar-refractivity contribution in [2.24, 2.45) is 0 Å². The van der Waals surface area contributed by atoms with Gasteiger partial charge in [0.2, 0.25) is 10.0 Å². The maximum atomic E-state index is 13.0. The van der Waals surface area contributed by atoms with Gasteiger partial charge in [-0.15, -0.1) is 0 Å². The molecule has 27 heavy (non-hydrogen) atoms. The Morgan fingerprint density at radius 1 is 0.963 bits per heavy atom. The lowest BCUT2D eigenvalue weighted by Crippen LogP contribution is -2.48. The zero-order valence-electron chi connectivity index (χ0n) is 17.1. The molecule has 1 heterocycles. The lowest BCUT2D eigenvalue weighted by molar-refractivity contribution is 0.189. The maximum absolute atomic E-state index is 13.0. The summed E-state index contributed by atoms with van der Waals surface area (Å²) < 4.78 is 27.6. The Balaban J connectivity index is 1.55. The van der Waals surface area contributed by atoms with E-state index < -0.39 is 10.0 Å². The van der Waals surface area contributed by atoms with E-state index in [1.807, 2.05) is 12.1 Å². The molecule has 0 atom stereocenters. The molecule has 1 aliphatic carbocycles. The van der Waals surface area contributed by atoms with E-state index in [0.29, 0.717) is 18.0 Å². The second-order valence-corrected chi connectivity index (χ2v) is 10.8. The van der Waals surface area contributed by atoms with Crippen molar-refractivity contribution in [3.63, 3.8) is 0 Å². The van der Waals surface area contributed by atoms with Gasteiger partial charge in [0.15, 0.2) is 0 Å². The van der Waals surface area contributed by atoms with Gasteiger partial charge in [-0.2, -0.15) is 4.31 Å². The summed E-state index contributed by atoms with van der Waals surface area (Å²) in [5, 5.41) is 0. The lowest BCUT2D eigenvalue weighted by atomic mass is 9.87. The van der Waals surface area contributed by atoms with E-state index in [1.165, 1.54) is 25.7 Å². The Hall–Kier alpha value is -1.17. The van der Waals surface area contributed by atoms with Crippen LogP contribution in [0.2, 0.25) is 0 Å². The van der Waals surface area contributed by atoms with Crippen LogP contribution in [0.4, 0.5) is 0 Å². The van der Waals surface area contributed by atoms with Crippen LogP contribution in [0, 0.1) is 0 Å². The van der Waals surface area contributed by atoms with E-state index in [-0.39, 0.29) is 5.41 Å². The van der Waals surface area contributed by atoms with Gasteiger partial charge in [-0.25, -0.2) is 8.42 Å². The van der Waals surface area contributed by atoms with Crippen molar-refractivity contribution in [3.05, 3.63) is 41.5 Å². The number of benzene rings is 1. The summed E-state index contributed by atoms with van der Waals surface area (Å²) in [6.07, 6.45) is 8.68. The van der Waals surface area contributed by atoms with Gasteiger partial charge in [0.05, 0.1) is 4.90 Å². The molecule has 4 nitrogen and oxygen atoms in total. The molecule has 0 bridgehead atoms. The van der Waals surface area contributed by atoms with Crippen molar-refractivity contribution in [2.75, 3.05) is 32.7 Å². The fraction of sp³-hybridized carbons (Fsp3) is 0.636. The summed E-state index contributed by atoms with van der Waals surface area (Å²) in [5.74, 6) is 0. The van der Waals surface area contributed by atoms with Crippen molar-refractivity contribution >= 4 is 10.0 Å². The summed E-state index contributed by atoms with van der Waals surface area (Å²) in [6, 6.07) is 7.41. The van der Waals surface area contributed by atoms with E-state index in [0.717, 1.165) is 31.6 Å². The average molecular weight is 391 g/mol. The second kappa shape index (κ2) is 8.46. The first-order valence-electron chi connectivity index (χ1n) is 10.3. The Morgan fingerprint density at radius 3 is 2.19 bits per heavy atom. The summed E-state index contributed by atoms with van der Waals surface area (Å²) in [4.78, 5) is 2.82. The zero-order valence-corrected chi connectivity index (χ0v) is 17.9. The SMILES string of the molecule is CC(C)(C)c1ccc(S(=O)(=O)N2CCN(CCC3=CCCCC3)CC2)cc1. The highest BCUT2D eigenvalue weighted by molar-refractivity contribution is 7.89. The quantitative estimate of drug-likeness (QED) is 0.708. The fourth-order valence-corrected chi connectivity index (χ4v) is 5.33. The van der Waals surface area contributed by atoms with Gasteiger partial charge >= 0.3 is 0 Å². The highest BCUT2D eigenvalue weighted by Gasteiger charge is 2.28. The van der Waals surface area contributed by atoms with Crippen LogP contribution in [0.5, 0.6) is 0 Å². The lowest BCUT2D eigenvalue weighted by Gasteiger charge is -2.34. The summed E-state index contributed by atoms with van der Waals surface area (Å²) in [6.45, 7) is 10.3. The number of hydrogen-bond acceptors (Lipinski definition) is 3. The van der Waals surface area contributed by atoms with Crippen LogP contribution in [0.1, 0.15) is 58.4 Å². The highest BCUT2D eigenvalue weighted by Crippen LogP contribution is 2.25. The Bertz CT molecular complexity index is 752. The molecule has 1 aromatic rings. The zero-order chi connectivity index (χ0) is 19.5. The Labute approximate surface area is 165 Å². The minimum atomic E-state index is -3.39. The van der Waals surface area contributed by atoms with E-state index in [9.17, 15) is 8.42 Å². The van der Waals surface area contributed by atoms with Gasteiger partial charge in [0.1, 0.15) is 0 Å². The number of nitrogens with zero attached hydrogens (tertiary/aromatic N) is 2. The molecule has 0 aromatic heterocycles. The highest BCUT2D eigenvalue weighted by atomic mass is 32.2. The van der Waals surface area contributed by atoms with E-state index in [2.05, 4.69) is 31.7 Å². The average Bonchev–Trinajstić information content (AvgIpc) is 2.67. The van der Waals surface area contributed by atoms with Crippen LogP contribution < -0.4 is 0 Å². The predicted molar refractivity (Wildman–Crippen MR) is 112 cm³/mol. The molecule has 150 valence electrons. The van der Waals surface area contributed by atoms with E-state index in [4.69, 9.17) is 0 Å². The van der Waals surface area contributed by atoms with Crippen molar-refractivity contribution in [3.8, 4) is 0 Å². The third-order valence-electron chi connectivity index (χ3n) is 5.82. The summed E-state index contributed by atoms with van der Waals surface area (Å²) >= 11 is 0. The van der Waals surface area contributed by atoms with Crippen LogP contribution in [0.25, 0.3) is 0 Å². The first-order valence-corrected chi connectivity index (χ1v) is 11.7. The molecular formula is C22H34N2O2S. The van der Waals surface area contributed by atoms with Crippen molar-refractivity contribution in [1.82, 2.24) is 9.21 Å². The molecular weight excluding hydrogens is 356 g/mol. The standard InChI is InChI=1S/C22H34N2O2S/c1-22(2,3)20-9-11-21(12-10-20)27(25,26)24-17-15-23(16-18-24)14-13-19-7-5-4-6-8-19/h7,9-12H,4-6,8,13-18H2,1-3H3. The third-order valence-corrected chi connectivity index (χ3v) is 7.74. The molecule has 0 amide bonds. The minimum Gasteiger partial charge on any atom is -0.300 e. The molecule has 0 spiro atoms. The summed E-state index contributed by atoms with van der Waals surface area (Å²) in [7, 11) is -3.39. The predicted octanol–water partition coefficient (Wildman–Crippen LogP) is 4.18. The van der Waals surface area contributed by atoms with E-state index in [1.54, 1.807) is 22.0 Å². The van der Waals surface area contributed by atoms with Gasteiger partial charge in [0, 0.05) is 32.7 Å². The largest absolute Gasteiger partial charge is 0.300 e. The fourth-order valence-electron chi connectivity index (χ4n) is 3.90. The maximum Gasteiger partial charge on any atom is 0.243 e. The van der Waals surface area contributed by atoms with Crippen LogP contribution >= 0.6 is 0 Å². The first-order chi connectivity index (χ1) is 12.8. The topological polar surface area (TPSA) is 40.6 Å². The molecule has 5 heteroatoms. The van der Waals surface area contributed by atoms with Crippen molar-refractivity contribution in [1.29, 1.82) is 0 Å². The monoisotopic (exact) mass is 390 g/mol. The van der Waals surface area contributed by atoms with Gasteiger partial charge in [-0.1, -0.05) is 44.6 Å². The van der Waals surface area contributed by atoms with E-state index >= 15 is 0 Å². The molecule has 1 saturated heterocycles.